The Kier molecular flexibility index (Phi) is 5.75. The van der Waals surface area contributed by atoms with E-state index in [0.29, 0.717) is 31.6 Å². The van der Waals surface area contributed by atoms with Gasteiger partial charge in [0, 0.05) is 28.8 Å². The van der Waals surface area contributed by atoms with Crippen LogP contribution in [0.15, 0.2) is 59.1 Å². The number of hydrogen-bond donors (Lipinski definition) is 2. The maximum absolute atomic E-state index is 12.1. The fourth-order valence-corrected chi connectivity index (χ4v) is 3.84. The average molecular weight is 460 g/mol. The lowest BCUT2D eigenvalue weighted by Gasteiger charge is -2.35. The second kappa shape index (κ2) is 8.44. The van der Waals surface area contributed by atoms with Crippen molar-refractivity contribution in [2.75, 3.05) is 25.5 Å². The number of nitrogens with zero attached hydrogens (tertiary/aromatic N) is 1. The normalized spacial score (nSPS) is 18.1. The zero-order valence-electron chi connectivity index (χ0n) is 16.0. The van der Waals surface area contributed by atoms with Crippen molar-refractivity contribution in [1.29, 1.82) is 0 Å². The Morgan fingerprint density at radius 3 is 2.76 bits per heavy atom. The number of hydroxylamine groups is 3. The Bertz CT molecular complexity index is 926. The van der Waals surface area contributed by atoms with E-state index >= 15 is 0 Å². The van der Waals surface area contributed by atoms with Crippen LogP contribution in [0.2, 0.25) is 0 Å². The van der Waals surface area contributed by atoms with E-state index in [2.05, 4.69) is 32.8 Å². The van der Waals surface area contributed by atoms with Crippen molar-refractivity contribution < 1.29 is 19.2 Å². The van der Waals surface area contributed by atoms with Crippen LogP contribution in [-0.2, 0) is 9.68 Å². The zero-order chi connectivity index (χ0) is 20.3. The molecule has 7 nitrogen and oxygen atoms in total. The third-order valence-electron chi connectivity index (χ3n) is 5.00. The molecule has 0 unspecified atom stereocenters. The van der Waals surface area contributed by atoms with Gasteiger partial charge in [0.1, 0.15) is 11.4 Å². The van der Waals surface area contributed by atoms with Crippen LogP contribution in [-0.4, -0.2) is 37.0 Å². The van der Waals surface area contributed by atoms with E-state index in [0.717, 1.165) is 21.5 Å². The third-order valence-corrected chi connectivity index (χ3v) is 5.50. The number of piperidine rings is 1. The van der Waals surface area contributed by atoms with Gasteiger partial charge in [-0.15, -0.1) is 5.06 Å². The van der Waals surface area contributed by atoms with E-state index in [-0.39, 0.29) is 0 Å². The summed E-state index contributed by atoms with van der Waals surface area (Å²) in [7, 11) is 1.65. The van der Waals surface area contributed by atoms with Gasteiger partial charge in [-0.2, -0.15) is 0 Å². The largest absolute Gasteiger partial charge is 0.497 e. The first kappa shape index (κ1) is 19.8. The van der Waals surface area contributed by atoms with Gasteiger partial charge in [-0.1, -0.05) is 34.1 Å². The molecule has 2 aliphatic heterocycles. The van der Waals surface area contributed by atoms with Gasteiger partial charge in [0.2, 0.25) is 0 Å². The molecule has 0 bridgehead atoms. The molecule has 0 radical (unpaired) electrons. The SMILES string of the molecule is COc1cccc(C2=CC3(CCN(OC(=O)Nc4cccc(Br)c4)CC3)ON2)c1. The number of carbonyl (C=O) groups is 1. The molecular formula is C21H22BrN3O4. The quantitative estimate of drug-likeness (QED) is 0.708. The molecule has 29 heavy (non-hydrogen) atoms. The first-order chi connectivity index (χ1) is 14.0. The van der Waals surface area contributed by atoms with Crippen molar-refractivity contribution in [1.82, 2.24) is 10.5 Å². The first-order valence-electron chi connectivity index (χ1n) is 9.36. The molecule has 2 aromatic carbocycles. The summed E-state index contributed by atoms with van der Waals surface area (Å²) >= 11 is 3.38. The zero-order valence-corrected chi connectivity index (χ0v) is 17.6. The van der Waals surface area contributed by atoms with E-state index in [1.807, 2.05) is 42.5 Å². The van der Waals surface area contributed by atoms with Gasteiger partial charge >= 0.3 is 6.09 Å². The summed E-state index contributed by atoms with van der Waals surface area (Å²) in [5.41, 5.74) is 5.24. The molecule has 152 valence electrons. The number of amides is 1. The Morgan fingerprint density at radius 2 is 2.00 bits per heavy atom. The molecule has 0 saturated carbocycles. The van der Waals surface area contributed by atoms with Crippen LogP contribution in [0, 0.1) is 0 Å². The van der Waals surface area contributed by atoms with E-state index < -0.39 is 11.7 Å². The van der Waals surface area contributed by atoms with Crippen molar-refractivity contribution in [3.05, 3.63) is 64.6 Å². The van der Waals surface area contributed by atoms with Gasteiger partial charge in [0.05, 0.1) is 12.8 Å². The second-order valence-corrected chi connectivity index (χ2v) is 7.92. The Morgan fingerprint density at radius 1 is 1.21 bits per heavy atom. The van der Waals surface area contributed by atoms with E-state index in [1.165, 1.54) is 0 Å². The molecule has 4 rings (SSSR count). The Balaban J connectivity index is 1.33. The molecule has 1 fully saturated rings. The molecule has 0 aliphatic carbocycles. The number of nitrogens with one attached hydrogen (secondary N) is 2. The highest BCUT2D eigenvalue weighted by atomic mass is 79.9. The van der Waals surface area contributed by atoms with Gasteiger partial charge < -0.3 is 9.57 Å². The first-order valence-corrected chi connectivity index (χ1v) is 10.2. The van der Waals surface area contributed by atoms with Gasteiger partial charge in [-0.3, -0.25) is 15.6 Å². The molecule has 0 atom stereocenters. The monoisotopic (exact) mass is 459 g/mol. The van der Waals surface area contributed by atoms with Crippen LogP contribution in [0.5, 0.6) is 5.75 Å². The molecule has 2 aliphatic rings. The number of halogens is 1. The fourth-order valence-electron chi connectivity index (χ4n) is 3.44. The summed E-state index contributed by atoms with van der Waals surface area (Å²) in [5.74, 6) is 0.797. The molecule has 1 saturated heterocycles. The summed E-state index contributed by atoms with van der Waals surface area (Å²) in [5, 5.41) is 4.40. The Hall–Kier alpha value is -2.55. The number of hydrogen-bond acceptors (Lipinski definition) is 6. The second-order valence-electron chi connectivity index (χ2n) is 7.00. The summed E-state index contributed by atoms with van der Waals surface area (Å²) < 4.78 is 6.18. The number of ether oxygens (including phenoxy) is 1. The predicted molar refractivity (Wildman–Crippen MR) is 113 cm³/mol. The Labute approximate surface area is 177 Å². The highest BCUT2D eigenvalue weighted by Gasteiger charge is 2.39. The maximum Gasteiger partial charge on any atom is 0.430 e. The van der Waals surface area contributed by atoms with Crippen LogP contribution in [0.4, 0.5) is 10.5 Å². The van der Waals surface area contributed by atoms with Crippen molar-refractivity contribution >= 4 is 33.4 Å². The van der Waals surface area contributed by atoms with Crippen LogP contribution < -0.4 is 15.5 Å². The van der Waals surface area contributed by atoms with Crippen LogP contribution in [0.25, 0.3) is 5.70 Å². The molecular weight excluding hydrogens is 438 g/mol. The lowest BCUT2D eigenvalue weighted by atomic mass is 9.91. The smallest absolute Gasteiger partial charge is 0.430 e. The molecule has 1 amide bonds. The molecule has 8 heteroatoms. The minimum atomic E-state index is -0.503. The van der Waals surface area contributed by atoms with Crippen LogP contribution in [0.1, 0.15) is 18.4 Å². The van der Waals surface area contributed by atoms with E-state index in [1.54, 1.807) is 18.2 Å². The summed E-state index contributed by atoms with van der Waals surface area (Å²) in [6, 6.07) is 15.2. The topological polar surface area (TPSA) is 72.1 Å². The number of anilines is 1. The van der Waals surface area contributed by atoms with Gasteiger partial charge in [-0.05, 0) is 49.2 Å². The lowest BCUT2D eigenvalue weighted by Crippen LogP contribution is -2.45. The number of methoxy groups -OCH3 is 1. The number of carbonyl (C=O) groups excluding carboxylic acids is 1. The standard InChI is InChI=1S/C21H22BrN3O4/c1-27-18-7-2-4-15(12-18)19-14-21(29-24-19)8-10-25(11-9-21)28-20(26)23-17-6-3-5-16(22)13-17/h2-7,12-14,24H,8-11H2,1H3,(H,23,26). The van der Waals surface area contributed by atoms with Crippen molar-refractivity contribution in [3.8, 4) is 5.75 Å². The lowest BCUT2D eigenvalue weighted by molar-refractivity contribution is -0.153. The van der Waals surface area contributed by atoms with Gasteiger partial charge in [0.15, 0.2) is 0 Å². The minimum absolute atomic E-state index is 0.404. The number of benzene rings is 2. The average Bonchev–Trinajstić information content (AvgIpc) is 3.14. The summed E-state index contributed by atoms with van der Waals surface area (Å²) in [6.07, 6.45) is 3.02. The molecule has 0 aromatic heterocycles. The highest BCUT2D eigenvalue weighted by Crippen LogP contribution is 2.35. The maximum atomic E-state index is 12.1. The number of rotatable bonds is 4. The molecule has 2 N–H and O–H groups in total. The highest BCUT2D eigenvalue weighted by molar-refractivity contribution is 9.10. The van der Waals surface area contributed by atoms with Crippen molar-refractivity contribution in [2.45, 2.75) is 18.4 Å². The van der Waals surface area contributed by atoms with Gasteiger partial charge in [-0.25, -0.2) is 4.79 Å². The van der Waals surface area contributed by atoms with Gasteiger partial charge in [0.25, 0.3) is 0 Å². The minimum Gasteiger partial charge on any atom is -0.497 e. The third kappa shape index (κ3) is 4.72. The van der Waals surface area contributed by atoms with E-state index in [4.69, 9.17) is 14.4 Å². The molecule has 2 aromatic rings. The predicted octanol–water partition coefficient (Wildman–Crippen LogP) is 4.33. The van der Waals surface area contributed by atoms with E-state index in [9.17, 15) is 4.79 Å². The molecule has 1 spiro atoms. The fraction of sp³-hybridized carbons (Fsp3) is 0.286. The van der Waals surface area contributed by atoms with Crippen LogP contribution >= 0.6 is 15.9 Å². The molecule has 2 heterocycles. The summed E-state index contributed by atoms with van der Waals surface area (Å²) in [4.78, 5) is 23.5. The van der Waals surface area contributed by atoms with Crippen molar-refractivity contribution in [3.63, 3.8) is 0 Å². The van der Waals surface area contributed by atoms with Crippen LogP contribution in [0.3, 0.4) is 0 Å². The van der Waals surface area contributed by atoms with Crippen molar-refractivity contribution in [2.24, 2.45) is 0 Å². The summed E-state index contributed by atoms with van der Waals surface area (Å²) in [6.45, 7) is 1.16.